The summed E-state index contributed by atoms with van der Waals surface area (Å²) < 4.78 is 10.8. The fourth-order valence-corrected chi connectivity index (χ4v) is 1.74. The second kappa shape index (κ2) is 7.82. The van der Waals surface area contributed by atoms with Crippen LogP contribution in [-0.4, -0.2) is 30.1 Å². The van der Waals surface area contributed by atoms with Gasteiger partial charge < -0.3 is 9.47 Å². The van der Waals surface area contributed by atoms with Gasteiger partial charge in [0.15, 0.2) is 5.78 Å². The molecule has 0 radical (unpaired) electrons. The molecule has 1 rings (SSSR count). The van der Waals surface area contributed by atoms with Gasteiger partial charge in [0.2, 0.25) is 0 Å². The van der Waals surface area contributed by atoms with Crippen LogP contribution in [0.15, 0.2) is 18.5 Å². The highest BCUT2D eigenvalue weighted by molar-refractivity contribution is 5.99. The minimum atomic E-state index is -0.376. The quantitative estimate of drug-likeness (QED) is 0.667. The summed E-state index contributed by atoms with van der Waals surface area (Å²) >= 11 is 0. The van der Waals surface area contributed by atoms with E-state index in [1.165, 1.54) is 0 Å². The maximum absolute atomic E-state index is 12.3. The van der Waals surface area contributed by atoms with E-state index in [1.54, 1.807) is 18.5 Å². The SMILES string of the molecule is CCCC(OCC)C(=O)c1cncc(OCC)c1. The Labute approximate surface area is 108 Å². The third-order valence-corrected chi connectivity index (χ3v) is 2.52. The number of ether oxygens (including phenoxy) is 2. The van der Waals surface area contributed by atoms with Crippen LogP contribution >= 0.6 is 0 Å². The van der Waals surface area contributed by atoms with E-state index in [-0.39, 0.29) is 11.9 Å². The van der Waals surface area contributed by atoms with Gasteiger partial charge in [0.05, 0.1) is 12.8 Å². The monoisotopic (exact) mass is 251 g/mol. The lowest BCUT2D eigenvalue weighted by molar-refractivity contribution is 0.0422. The first-order valence-corrected chi connectivity index (χ1v) is 6.46. The predicted molar refractivity (Wildman–Crippen MR) is 70.1 cm³/mol. The summed E-state index contributed by atoms with van der Waals surface area (Å²) in [6.45, 7) is 6.92. The largest absolute Gasteiger partial charge is 0.492 e. The molecule has 1 aromatic heterocycles. The van der Waals surface area contributed by atoms with Gasteiger partial charge >= 0.3 is 0 Å². The van der Waals surface area contributed by atoms with Gasteiger partial charge in [0.25, 0.3) is 0 Å². The molecule has 4 heteroatoms. The summed E-state index contributed by atoms with van der Waals surface area (Å²) in [5, 5.41) is 0. The molecule has 18 heavy (non-hydrogen) atoms. The zero-order valence-electron chi connectivity index (χ0n) is 11.3. The van der Waals surface area contributed by atoms with Crippen LogP contribution in [0.2, 0.25) is 0 Å². The Hall–Kier alpha value is -1.42. The average Bonchev–Trinajstić information content (AvgIpc) is 2.38. The van der Waals surface area contributed by atoms with Crippen molar-refractivity contribution >= 4 is 5.78 Å². The molecule has 0 spiro atoms. The molecule has 0 aliphatic carbocycles. The number of rotatable bonds is 8. The van der Waals surface area contributed by atoms with Crippen molar-refractivity contribution in [3.63, 3.8) is 0 Å². The number of aromatic nitrogens is 1. The third-order valence-electron chi connectivity index (χ3n) is 2.52. The molecule has 0 saturated heterocycles. The maximum atomic E-state index is 12.3. The standard InChI is InChI=1S/C14H21NO3/c1-4-7-13(18-6-3)14(16)11-8-12(17-5-2)10-15-9-11/h8-10,13H,4-7H2,1-3H3. The average molecular weight is 251 g/mol. The van der Waals surface area contributed by atoms with Crippen LogP contribution in [0.1, 0.15) is 44.0 Å². The highest BCUT2D eigenvalue weighted by Crippen LogP contribution is 2.16. The van der Waals surface area contributed by atoms with E-state index in [2.05, 4.69) is 4.98 Å². The van der Waals surface area contributed by atoms with Crippen LogP contribution in [0, 0.1) is 0 Å². The van der Waals surface area contributed by atoms with Gasteiger partial charge in [-0.05, 0) is 26.3 Å². The van der Waals surface area contributed by atoms with Crippen molar-refractivity contribution in [1.29, 1.82) is 0 Å². The molecular weight excluding hydrogens is 230 g/mol. The summed E-state index contributed by atoms with van der Waals surface area (Å²) in [6.07, 6.45) is 4.43. The zero-order chi connectivity index (χ0) is 13.4. The molecule has 0 fully saturated rings. The van der Waals surface area contributed by atoms with Gasteiger partial charge in [-0.1, -0.05) is 13.3 Å². The highest BCUT2D eigenvalue weighted by Gasteiger charge is 2.20. The molecule has 1 unspecified atom stereocenters. The Morgan fingerprint density at radius 2 is 2.06 bits per heavy atom. The van der Waals surface area contributed by atoms with Crippen molar-refractivity contribution in [3.05, 3.63) is 24.0 Å². The van der Waals surface area contributed by atoms with Gasteiger partial charge in [0, 0.05) is 18.4 Å². The summed E-state index contributed by atoms with van der Waals surface area (Å²) in [5.41, 5.74) is 0.549. The molecule has 100 valence electrons. The minimum absolute atomic E-state index is 0.0206. The van der Waals surface area contributed by atoms with E-state index in [1.807, 2.05) is 20.8 Å². The van der Waals surface area contributed by atoms with E-state index in [0.717, 1.165) is 12.8 Å². The smallest absolute Gasteiger partial charge is 0.193 e. The molecule has 0 aliphatic rings. The van der Waals surface area contributed by atoms with Crippen LogP contribution in [0.3, 0.4) is 0 Å². The molecule has 0 bridgehead atoms. The van der Waals surface area contributed by atoms with Crippen molar-refractivity contribution in [2.45, 2.75) is 39.7 Å². The van der Waals surface area contributed by atoms with E-state index < -0.39 is 0 Å². The summed E-state index contributed by atoms with van der Waals surface area (Å²) in [6, 6.07) is 1.72. The van der Waals surface area contributed by atoms with Crippen molar-refractivity contribution < 1.29 is 14.3 Å². The number of ketones is 1. The summed E-state index contributed by atoms with van der Waals surface area (Å²) in [4.78, 5) is 16.3. The molecule has 0 N–H and O–H groups in total. The summed E-state index contributed by atoms with van der Waals surface area (Å²) in [5.74, 6) is 0.600. The lowest BCUT2D eigenvalue weighted by atomic mass is 10.0. The van der Waals surface area contributed by atoms with E-state index in [4.69, 9.17) is 9.47 Å². The van der Waals surface area contributed by atoms with Gasteiger partial charge in [-0.2, -0.15) is 0 Å². The van der Waals surface area contributed by atoms with Crippen LogP contribution < -0.4 is 4.74 Å². The van der Waals surface area contributed by atoms with Gasteiger partial charge in [-0.25, -0.2) is 0 Å². The fraction of sp³-hybridized carbons (Fsp3) is 0.571. The molecule has 0 amide bonds. The number of carbonyl (C=O) groups excluding carboxylic acids is 1. The first kappa shape index (κ1) is 14.6. The fourth-order valence-electron chi connectivity index (χ4n) is 1.74. The third kappa shape index (κ3) is 4.11. The Morgan fingerprint density at radius 3 is 2.67 bits per heavy atom. The Kier molecular flexibility index (Phi) is 6.36. The van der Waals surface area contributed by atoms with Crippen LogP contribution in [-0.2, 0) is 4.74 Å². The molecular formula is C14H21NO3. The number of hydrogen-bond acceptors (Lipinski definition) is 4. The van der Waals surface area contributed by atoms with Gasteiger partial charge in [-0.3, -0.25) is 9.78 Å². The van der Waals surface area contributed by atoms with Gasteiger partial charge in [0.1, 0.15) is 11.9 Å². The molecule has 1 aromatic rings. The number of hydrogen-bond donors (Lipinski definition) is 0. The second-order valence-electron chi connectivity index (χ2n) is 3.94. The van der Waals surface area contributed by atoms with Crippen molar-refractivity contribution in [2.24, 2.45) is 0 Å². The van der Waals surface area contributed by atoms with E-state index in [9.17, 15) is 4.79 Å². The second-order valence-corrected chi connectivity index (χ2v) is 3.94. The zero-order valence-corrected chi connectivity index (χ0v) is 11.3. The van der Waals surface area contributed by atoms with Crippen molar-refractivity contribution in [2.75, 3.05) is 13.2 Å². The lowest BCUT2D eigenvalue weighted by Gasteiger charge is -2.15. The van der Waals surface area contributed by atoms with Crippen LogP contribution in [0.4, 0.5) is 0 Å². The molecule has 0 aromatic carbocycles. The number of Topliss-reactive ketones (excluding diaryl/α,β-unsaturated/α-hetero) is 1. The molecule has 1 heterocycles. The molecule has 0 saturated carbocycles. The van der Waals surface area contributed by atoms with Crippen LogP contribution in [0.5, 0.6) is 5.75 Å². The Morgan fingerprint density at radius 1 is 1.28 bits per heavy atom. The normalized spacial score (nSPS) is 12.2. The number of pyridine rings is 1. The maximum Gasteiger partial charge on any atom is 0.193 e. The van der Waals surface area contributed by atoms with E-state index in [0.29, 0.717) is 24.5 Å². The van der Waals surface area contributed by atoms with E-state index >= 15 is 0 Å². The topological polar surface area (TPSA) is 48.4 Å². The minimum Gasteiger partial charge on any atom is -0.492 e. The van der Waals surface area contributed by atoms with Crippen molar-refractivity contribution in [1.82, 2.24) is 4.98 Å². The predicted octanol–water partition coefficient (Wildman–Crippen LogP) is 2.87. The number of nitrogens with zero attached hydrogens (tertiary/aromatic N) is 1. The number of carbonyl (C=O) groups is 1. The highest BCUT2D eigenvalue weighted by atomic mass is 16.5. The molecule has 1 atom stereocenters. The van der Waals surface area contributed by atoms with Gasteiger partial charge in [-0.15, -0.1) is 0 Å². The summed E-state index contributed by atoms with van der Waals surface area (Å²) in [7, 11) is 0. The Bertz CT molecular complexity index is 373. The first-order valence-electron chi connectivity index (χ1n) is 6.46. The van der Waals surface area contributed by atoms with Crippen molar-refractivity contribution in [3.8, 4) is 5.75 Å². The first-order chi connectivity index (χ1) is 8.72. The van der Waals surface area contributed by atoms with Crippen LogP contribution in [0.25, 0.3) is 0 Å². The molecule has 4 nitrogen and oxygen atoms in total. The lowest BCUT2D eigenvalue weighted by Crippen LogP contribution is -2.24. The Balaban J connectivity index is 2.82. The molecule has 0 aliphatic heterocycles.